The van der Waals surface area contributed by atoms with Crippen molar-refractivity contribution in [2.24, 2.45) is 0 Å². The first-order valence-electron chi connectivity index (χ1n) is 8.02. The Labute approximate surface area is 135 Å². The Hall–Kier alpha value is -1.67. The summed E-state index contributed by atoms with van der Waals surface area (Å²) in [5.41, 5.74) is 3.65. The molecule has 4 rings (SSSR count). The maximum absolute atomic E-state index is 6.17. The predicted molar refractivity (Wildman–Crippen MR) is 94.6 cm³/mol. The molecule has 0 unspecified atom stereocenters. The quantitative estimate of drug-likeness (QED) is 0.514. The molecule has 0 bridgehead atoms. The fourth-order valence-corrected chi connectivity index (χ4v) is 4.31. The van der Waals surface area contributed by atoms with Crippen molar-refractivity contribution >= 4 is 22.7 Å². The highest BCUT2D eigenvalue weighted by Gasteiger charge is 2.20. The van der Waals surface area contributed by atoms with Gasteiger partial charge in [-0.25, -0.2) is 0 Å². The van der Waals surface area contributed by atoms with E-state index in [1.54, 1.807) is 11.8 Å². The van der Waals surface area contributed by atoms with E-state index in [9.17, 15) is 0 Å². The molecule has 112 valence electrons. The molecule has 3 aromatic rings. The summed E-state index contributed by atoms with van der Waals surface area (Å²) in [5, 5.41) is 1.27. The summed E-state index contributed by atoms with van der Waals surface area (Å²) in [7, 11) is 0. The third-order valence-electron chi connectivity index (χ3n) is 4.73. The molecule has 0 amide bonds. The molecule has 2 heteroatoms. The number of fused-ring (bicyclic) bond motifs is 1. The van der Waals surface area contributed by atoms with Crippen molar-refractivity contribution in [1.82, 2.24) is 0 Å². The Morgan fingerprint density at radius 1 is 1.00 bits per heavy atom. The van der Waals surface area contributed by atoms with Gasteiger partial charge in [-0.2, -0.15) is 0 Å². The van der Waals surface area contributed by atoms with Crippen molar-refractivity contribution in [3.05, 3.63) is 54.1 Å². The summed E-state index contributed by atoms with van der Waals surface area (Å²) in [6, 6.07) is 17.2. The largest absolute Gasteiger partial charge is 0.455 e. The number of hydrogen-bond donors (Lipinski definition) is 0. The first-order valence-corrected chi connectivity index (χ1v) is 9.25. The maximum atomic E-state index is 6.17. The average Bonchev–Trinajstić information content (AvgIpc) is 3.22. The molecule has 1 fully saturated rings. The zero-order valence-corrected chi connectivity index (χ0v) is 13.7. The van der Waals surface area contributed by atoms with Crippen molar-refractivity contribution in [1.29, 1.82) is 0 Å². The second-order valence-electron chi connectivity index (χ2n) is 6.07. The van der Waals surface area contributed by atoms with E-state index < -0.39 is 0 Å². The first-order chi connectivity index (χ1) is 10.9. The number of benzene rings is 2. The minimum atomic E-state index is 0.745. The van der Waals surface area contributed by atoms with Crippen LogP contribution in [-0.2, 0) is 0 Å². The predicted octanol–water partition coefficient (Wildman–Crippen LogP) is 6.48. The van der Waals surface area contributed by atoms with Crippen LogP contribution in [0.15, 0.2) is 57.8 Å². The monoisotopic (exact) mass is 308 g/mol. The topological polar surface area (TPSA) is 13.1 Å². The van der Waals surface area contributed by atoms with Crippen LogP contribution < -0.4 is 0 Å². The zero-order valence-electron chi connectivity index (χ0n) is 12.8. The first kappa shape index (κ1) is 14.0. The number of thioether (sulfide) groups is 1. The Morgan fingerprint density at radius 3 is 2.50 bits per heavy atom. The Bertz CT molecular complexity index is 782. The molecule has 0 N–H and O–H groups in total. The second-order valence-corrected chi connectivity index (χ2v) is 6.88. The standard InChI is InChI=1S/C20H20OS/c1-22-20-17-13-16(14-7-5-6-8-14)11-12-18(17)21-19(20)15-9-3-2-4-10-15/h2-4,9-14H,5-8H2,1H3. The molecule has 1 heterocycles. The van der Waals surface area contributed by atoms with E-state index in [0.717, 1.165) is 22.8 Å². The van der Waals surface area contributed by atoms with Crippen LogP contribution in [-0.4, -0.2) is 6.26 Å². The third-order valence-corrected chi connectivity index (χ3v) is 5.55. The lowest BCUT2D eigenvalue weighted by Crippen LogP contribution is -1.91. The summed E-state index contributed by atoms with van der Waals surface area (Å²) < 4.78 is 6.17. The van der Waals surface area contributed by atoms with Gasteiger partial charge in [0.15, 0.2) is 0 Å². The summed E-state index contributed by atoms with van der Waals surface area (Å²) in [5.74, 6) is 1.75. The molecular formula is C20H20OS. The van der Waals surface area contributed by atoms with Gasteiger partial charge in [0.1, 0.15) is 11.3 Å². The van der Waals surface area contributed by atoms with Gasteiger partial charge in [-0.3, -0.25) is 0 Å². The van der Waals surface area contributed by atoms with Crippen molar-refractivity contribution in [2.45, 2.75) is 36.5 Å². The van der Waals surface area contributed by atoms with Gasteiger partial charge in [0.25, 0.3) is 0 Å². The molecule has 2 aromatic carbocycles. The molecule has 22 heavy (non-hydrogen) atoms. The number of hydrogen-bond acceptors (Lipinski definition) is 2. The van der Waals surface area contributed by atoms with E-state index in [1.165, 1.54) is 41.5 Å². The Balaban J connectivity index is 1.86. The van der Waals surface area contributed by atoms with Gasteiger partial charge >= 0.3 is 0 Å². The average molecular weight is 308 g/mol. The number of furan rings is 1. The van der Waals surface area contributed by atoms with Gasteiger partial charge in [0.05, 0.1) is 4.90 Å². The van der Waals surface area contributed by atoms with Gasteiger partial charge in [-0.15, -0.1) is 11.8 Å². The summed E-state index contributed by atoms with van der Waals surface area (Å²) in [4.78, 5) is 1.26. The molecule has 0 spiro atoms. The maximum Gasteiger partial charge on any atom is 0.148 e. The van der Waals surface area contributed by atoms with Crippen LogP contribution in [0.4, 0.5) is 0 Å². The van der Waals surface area contributed by atoms with Crippen LogP contribution in [0, 0.1) is 0 Å². The molecule has 0 saturated heterocycles. The van der Waals surface area contributed by atoms with Crippen LogP contribution in [0.3, 0.4) is 0 Å². The minimum Gasteiger partial charge on any atom is -0.455 e. The van der Waals surface area contributed by atoms with E-state index in [2.05, 4.69) is 48.7 Å². The Kier molecular flexibility index (Phi) is 3.71. The molecule has 0 atom stereocenters. The number of rotatable bonds is 3. The lowest BCUT2D eigenvalue weighted by Gasteiger charge is -2.09. The normalized spacial score (nSPS) is 15.7. The summed E-state index contributed by atoms with van der Waals surface area (Å²) in [6.45, 7) is 0. The van der Waals surface area contributed by atoms with Crippen LogP contribution in [0.2, 0.25) is 0 Å². The molecular weight excluding hydrogens is 288 g/mol. The van der Waals surface area contributed by atoms with Gasteiger partial charge in [-0.1, -0.05) is 49.2 Å². The zero-order chi connectivity index (χ0) is 14.9. The van der Waals surface area contributed by atoms with Crippen LogP contribution in [0.25, 0.3) is 22.3 Å². The van der Waals surface area contributed by atoms with Crippen molar-refractivity contribution in [3.63, 3.8) is 0 Å². The van der Waals surface area contributed by atoms with E-state index in [4.69, 9.17) is 4.42 Å². The molecule has 1 aromatic heterocycles. The van der Waals surface area contributed by atoms with Crippen molar-refractivity contribution in [2.75, 3.05) is 6.26 Å². The van der Waals surface area contributed by atoms with Gasteiger partial charge in [0.2, 0.25) is 0 Å². The molecule has 0 aliphatic heterocycles. The van der Waals surface area contributed by atoms with Crippen LogP contribution in [0.1, 0.15) is 37.2 Å². The highest BCUT2D eigenvalue weighted by molar-refractivity contribution is 7.99. The summed E-state index contributed by atoms with van der Waals surface area (Å²) in [6.07, 6.45) is 7.56. The fraction of sp³-hybridized carbons (Fsp3) is 0.300. The second kappa shape index (κ2) is 5.85. The molecule has 1 aliphatic carbocycles. The SMILES string of the molecule is CSc1c(-c2ccccc2)oc2ccc(C3CCCC3)cc12. The minimum absolute atomic E-state index is 0.745. The molecule has 0 radical (unpaired) electrons. The lowest BCUT2D eigenvalue weighted by atomic mass is 9.96. The molecule has 1 saturated carbocycles. The highest BCUT2D eigenvalue weighted by Crippen LogP contribution is 2.42. The smallest absolute Gasteiger partial charge is 0.148 e. The van der Waals surface area contributed by atoms with E-state index in [0.29, 0.717) is 0 Å². The fourth-order valence-electron chi connectivity index (χ4n) is 3.59. The van der Waals surface area contributed by atoms with Crippen molar-refractivity contribution in [3.8, 4) is 11.3 Å². The van der Waals surface area contributed by atoms with Crippen molar-refractivity contribution < 1.29 is 4.42 Å². The van der Waals surface area contributed by atoms with Gasteiger partial charge in [-0.05, 0) is 42.7 Å². The Morgan fingerprint density at radius 2 is 1.77 bits per heavy atom. The lowest BCUT2D eigenvalue weighted by molar-refractivity contribution is 0.624. The van der Waals surface area contributed by atoms with E-state index in [-0.39, 0.29) is 0 Å². The third kappa shape index (κ3) is 2.36. The molecule has 1 nitrogen and oxygen atoms in total. The summed E-state index contributed by atoms with van der Waals surface area (Å²) >= 11 is 1.78. The van der Waals surface area contributed by atoms with Gasteiger partial charge in [0, 0.05) is 10.9 Å². The molecule has 1 aliphatic rings. The highest BCUT2D eigenvalue weighted by atomic mass is 32.2. The van der Waals surface area contributed by atoms with E-state index in [1.807, 2.05) is 6.07 Å². The van der Waals surface area contributed by atoms with Gasteiger partial charge < -0.3 is 4.42 Å². The van der Waals surface area contributed by atoms with Crippen LogP contribution in [0.5, 0.6) is 0 Å². The van der Waals surface area contributed by atoms with Crippen LogP contribution >= 0.6 is 11.8 Å². The van der Waals surface area contributed by atoms with E-state index >= 15 is 0 Å².